The molecule has 11 heteroatoms. The molecule has 0 heterocycles. The minimum atomic E-state index is -4.71. The Kier molecular flexibility index (Phi) is 37.3. The Morgan fingerprint density at radius 3 is 1.23 bits per heavy atom. The first-order valence-corrected chi connectivity index (χ1v) is 16.1. The van der Waals surface area contributed by atoms with Crippen molar-refractivity contribution in [3.63, 3.8) is 0 Å². The second kappa shape index (κ2) is 29.4. The van der Waals surface area contributed by atoms with Crippen LogP contribution in [0.3, 0.4) is 0 Å². The molecule has 1 unspecified atom stereocenters. The number of hydrogen-bond acceptors (Lipinski definition) is 5. The molecule has 0 aromatic rings. The van der Waals surface area contributed by atoms with Crippen LogP contribution < -0.4 is 0 Å². The molecule has 1 atom stereocenters. The molecule has 6 nitrogen and oxygen atoms in total. The van der Waals surface area contributed by atoms with Gasteiger partial charge in [0.25, 0.3) is 20.2 Å². The van der Waals surface area contributed by atoms with Crippen molar-refractivity contribution in [3.8, 4) is 0 Å². The first-order chi connectivity index (χ1) is 15.3. The van der Waals surface area contributed by atoms with Crippen LogP contribution in [0.2, 0.25) is 0 Å². The van der Waals surface area contributed by atoms with Gasteiger partial charge in [0.2, 0.25) is 4.58 Å². The Morgan fingerprint density at radius 1 is 0.571 bits per heavy atom. The van der Waals surface area contributed by atoms with Gasteiger partial charge in [-0.2, -0.15) is 16.8 Å². The molecule has 0 aliphatic rings. The van der Waals surface area contributed by atoms with Crippen LogP contribution in [-0.2, 0) is 24.4 Å². The van der Waals surface area contributed by atoms with Crippen LogP contribution in [0.5, 0.6) is 0 Å². The molecule has 0 aliphatic carbocycles. The summed E-state index contributed by atoms with van der Waals surface area (Å²) >= 11 is 0. The predicted molar refractivity (Wildman–Crippen MR) is 155 cm³/mol. The van der Waals surface area contributed by atoms with Gasteiger partial charge in [0, 0.05) is 0 Å². The van der Waals surface area contributed by atoms with Gasteiger partial charge in [-0.1, -0.05) is 129 Å². The van der Waals surface area contributed by atoms with Crippen LogP contribution in [0, 0.1) is 0 Å². The van der Waals surface area contributed by atoms with Gasteiger partial charge >= 0.3 is 78.0 Å². The molecular weight excluding hydrogens is 501 g/mol. The molecule has 0 amide bonds. The molecular formula is C24H53LiNa2O6S2. The van der Waals surface area contributed by atoms with E-state index in [1.165, 1.54) is 64.2 Å². The average molecular weight is 555 g/mol. The monoisotopic (exact) mass is 554 g/mol. The normalized spacial score (nSPS) is 12.3. The van der Waals surface area contributed by atoms with Gasteiger partial charge < -0.3 is 0 Å². The molecule has 0 saturated heterocycles. The van der Waals surface area contributed by atoms with E-state index in [0.717, 1.165) is 44.9 Å². The molecule has 0 bridgehead atoms. The van der Waals surface area contributed by atoms with E-state index in [2.05, 4.69) is 13.8 Å². The van der Waals surface area contributed by atoms with Gasteiger partial charge in [0.05, 0.1) is 6.61 Å². The average Bonchev–Trinajstić information content (AvgIpc) is 2.72. The molecule has 0 aromatic heterocycles. The molecule has 35 heavy (non-hydrogen) atoms. The van der Waals surface area contributed by atoms with Crippen LogP contribution in [0.25, 0.3) is 0 Å². The summed E-state index contributed by atoms with van der Waals surface area (Å²) in [5, 5.41) is 0. The Balaban J connectivity index is -0.00000160. The second-order valence-electron chi connectivity index (χ2n) is 9.06. The van der Waals surface area contributed by atoms with Gasteiger partial charge in [-0.05, 0) is 12.8 Å². The zero-order valence-electron chi connectivity index (χ0n) is 20.7. The summed E-state index contributed by atoms with van der Waals surface area (Å²) in [4.78, 5) is 0. The summed E-state index contributed by atoms with van der Waals surface area (Å²) in [5.74, 6) is 0. The Bertz CT molecular complexity index is 634. The molecule has 0 aromatic carbocycles. The van der Waals surface area contributed by atoms with E-state index >= 15 is 0 Å². The summed E-state index contributed by atoms with van der Waals surface area (Å²) in [6.45, 7) is 4.36. The number of unbranched alkanes of at least 4 members (excludes halogenated alkanes) is 17. The van der Waals surface area contributed by atoms with Crippen LogP contribution in [0.15, 0.2) is 0 Å². The van der Waals surface area contributed by atoms with Crippen molar-refractivity contribution in [2.45, 2.75) is 147 Å². The predicted octanol–water partition coefficient (Wildman–Crippen LogP) is 5.44. The van der Waals surface area contributed by atoms with Crippen LogP contribution in [0.4, 0.5) is 0 Å². The van der Waals surface area contributed by atoms with Gasteiger partial charge in [-0.3, -0.25) is 8.74 Å². The third-order valence-electron chi connectivity index (χ3n) is 5.94. The van der Waals surface area contributed by atoms with E-state index in [1.54, 1.807) is 0 Å². The summed E-state index contributed by atoms with van der Waals surface area (Å²) < 4.78 is 60.5. The third-order valence-corrected chi connectivity index (χ3v) is 9.65. The van der Waals surface area contributed by atoms with Crippen molar-refractivity contribution in [2.75, 3.05) is 6.61 Å². The summed E-state index contributed by atoms with van der Waals surface area (Å²) in [6.07, 6.45) is 20.4. The first kappa shape index (κ1) is 44.4. The molecule has 200 valence electrons. The van der Waals surface area contributed by atoms with Crippen LogP contribution in [-0.4, -0.2) is 111 Å². The van der Waals surface area contributed by atoms with E-state index in [4.69, 9.17) is 4.18 Å². The number of rotatable bonds is 24. The van der Waals surface area contributed by atoms with E-state index in [1.807, 2.05) is 0 Å². The van der Waals surface area contributed by atoms with E-state index in [-0.39, 0.29) is 91.0 Å². The molecule has 0 saturated carbocycles. The van der Waals surface area contributed by atoms with Crippen LogP contribution in [0.1, 0.15) is 142 Å². The van der Waals surface area contributed by atoms with E-state index in [0.29, 0.717) is 12.8 Å². The minimum absolute atomic E-state index is 0. The quantitative estimate of drug-likeness (QED) is 0.0738. The Hall–Kier alpha value is 2.42. The van der Waals surface area contributed by atoms with Crippen molar-refractivity contribution in [1.82, 2.24) is 0 Å². The third kappa shape index (κ3) is 27.8. The van der Waals surface area contributed by atoms with Gasteiger partial charge in [-0.15, -0.1) is 0 Å². The fourth-order valence-electron chi connectivity index (χ4n) is 3.90. The van der Waals surface area contributed by atoms with Gasteiger partial charge in [-0.25, -0.2) is 0 Å². The van der Waals surface area contributed by atoms with E-state index < -0.39 is 24.8 Å². The topological polar surface area (TPSA) is 97.7 Å². The first-order valence-electron chi connectivity index (χ1n) is 13.1. The summed E-state index contributed by atoms with van der Waals surface area (Å²) in [6, 6.07) is 0. The van der Waals surface area contributed by atoms with Gasteiger partial charge in [0.1, 0.15) is 0 Å². The zero-order valence-corrected chi connectivity index (χ0v) is 22.4. The van der Waals surface area contributed by atoms with Crippen LogP contribution >= 0.6 is 0 Å². The van der Waals surface area contributed by atoms with Crippen molar-refractivity contribution in [3.05, 3.63) is 0 Å². The van der Waals surface area contributed by atoms with Crippen molar-refractivity contribution in [2.24, 2.45) is 0 Å². The maximum atomic E-state index is 12.3. The zero-order chi connectivity index (χ0) is 24.1. The van der Waals surface area contributed by atoms with Crippen molar-refractivity contribution >= 4 is 98.2 Å². The Labute approximate surface area is 274 Å². The van der Waals surface area contributed by atoms with E-state index in [9.17, 15) is 21.4 Å². The fourth-order valence-corrected chi connectivity index (χ4v) is 6.68. The second-order valence-corrected chi connectivity index (χ2v) is 12.7. The molecule has 1 N–H and O–H groups in total. The summed E-state index contributed by atoms with van der Waals surface area (Å²) in [5.41, 5.74) is 0. The Morgan fingerprint density at radius 2 is 0.886 bits per heavy atom. The SMILES string of the molecule is CCCCCCCCCCCCOS(=O)(=O)C(CCCCCCCCCCC)S(=O)(=O)O.[LiH].[NaH].[NaH]. The maximum absolute atomic E-state index is 12.3. The molecule has 0 aliphatic heterocycles. The van der Waals surface area contributed by atoms with Crippen molar-refractivity contribution < 1.29 is 25.6 Å². The molecule has 0 rings (SSSR count). The molecule has 0 spiro atoms. The summed E-state index contributed by atoms with van der Waals surface area (Å²) in [7, 11) is -9.04. The van der Waals surface area contributed by atoms with Crippen molar-refractivity contribution in [1.29, 1.82) is 0 Å². The molecule has 0 radical (unpaired) electrons. The fraction of sp³-hybridized carbons (Fsp3) is 1.00. The molecule has 0 fully saturated rings. The number of hydrogen-bond donors (Lipinski definition) is 1. The van der Waals surface area contributed by atoms with Gasteiger partial charge in [0.15, 0.2) is 0 Å². The standard InChI is InChI=1S/C24H50O6S2.Li.2Na.3H/c1-3-5-7-9-11-13-15-17-19-21-23-30-32(28,29)24(31(25,26)27)22-20-18-16-14-12-10-8-6-4-2;;;;;;/h24H,3-23H2,1-2H3,(H,25,26,27);;;;;;.